The van der Waals surface area contributed by atoms with Crippen molar-refractivity contribution in [3.05, 3.63) is 71.8 Å². The van der Waals surface area contributed by atoms with Crippen LogP contribution in [0.25, 0.3) is 0 Å². The van der Waals surface area contributed by atoms with Crippen LogP contribution in [0.1, 0.15) is 15.9 Å². The standard InChI is InChI=1S/C20H28N2OSi2/c1-24(2,3)22(25(4,5)6)21-19(17-13-9-7-10-14-17)20(23)18-15-11-8-12-16-18/h7-16H,1-6H3. The van der Waals surface area contributed by atoms with E-state index in [1.165, 1.54) is 0 Å². The highest BCUT2D eigenvalue weighted by molar-refractivity contribution is 6.89. The fraction of sp³-hybridized carbons (Fsp3) is 0.300. The molecule has 0 aliphatic rings. The molecular formula is C20H28N2OSi2. The van der Waals surface area contributed by atoms with Gasteiger partial charge < -0.3 is 4.34 Å². The van der Waals surface area contributed by atoms with Crippen LogP contribution in [0.2, 0.25) is 39.3 Å². The van der Waals surface area contributed by atoms with E-state index in [1.54, 1.807) is 0 Å². The molecule has 2 aromatic rings. The summed E-state index contributed by atoms with van der Waals surface area (Å²) >= 11 is 0. The quantitative estimate of drug-likeness (QED) is 0.302. The SMILES string of the molecule is C[Si](C)(C)N(N=C(C(=O)c1ccccc1)c1ccccc1)[Si](C)(C)C. The first-order valence-corrected chi connectivity index (χ1v) is 15.5. The number of Topliss-reactive ketones (excluding diaryl/α,β-unsaturated/α-hetero) is 1. The van der Waals surface area contributed by atoms with Crippen LogP contribution >= 0.6 is 0 Å². The van der Waals surface area contributed by atoms with Gasteiger partial charge in [0.25, 0.3) is 0 Å². The normalized spacial score (nSPS) is 12.8. The molecule has 0 saturated heterocycles. The Morgan fingerprint density at radius 1 is 0.720 bits per heavy atom. The first-order valence-electron chi connectivity index (χ1n) is 8.65. The number of nitrogens with zero attached hydrogens (tertiary/aromatic N) is 2. The van der Waals surface area contributed by atoms with Gasteiger partial charge in [-0.15, -0.1) is 0 Å². The summed E-state index contributed by atoms with van der Waals surface area (Å²) < 4.78 is 2.29. The molecule has 0 bridgehead atoms. The Labute approximate surface area is 153 Å². The van der Waals surface area contributed by atoms with E-state index in [0.29, 0.717) is 11.3 Å². The lowest BCUT2D eigenvalue weighted by Crippen LogP contribution is -2.56. The van der Waals surface area contributed by atoms with Crippen LogP contribution in [-0.4, -0.2) is 32.3 Å². The zero-order valence-electron chi connectivity index (χ0n) is 16.1. The van der Waals surface area contributed by atoms with Crippen LogP contribution < -0.4 is 0 Å². The second-order valence-electron chi connectivity index (χ2n) is 8.16. The first kappa shape index (κ1) is 19.3. The largest absolute Gasteiger partial charge is 0.349 e. The van der Waals surface area contributed by atoms with Crippen LogP contribution in [0.3, 0.4) is 0 Å². The zero-order chi connectivity index (χ0) is 18.7. The van der Waals surface area contributed by atoms with E-state index >= 15 is 0 Å². The molecule has 3 nitrogen and oxygen atoms in total. The number of benzene rings is 2. The summed E-state index contributed by atoms with van der Waals surface area (Å²) in [7, 11) is -3.42. The number of hydrazone groups is 1. The van der Waals surface area contributed by atoms with E-state index in [4.69, 9.17) is 5.10 Å². The lowest BCUT2D eigenvalue weighted by molar-refractivity contribution is 0.106. The molecular weight excluding hydrogens is 340 g/mol. The first-order chi connectivity index (χ1) is 11.6. The van der Waals surface area contributed by atoms with Gasteiger partial charge in [-0.3, -0.25) is 4.79 Å². The molecule has 0 aromatic heterocycles. The Hall–Kier alpha value is -1.99. The van der Waals surface area contributed by atoms with Gasteiger partial charge in [0, 0.05) is 11.1 Å². The van der Waals surface area contributed by atoms with Gasteiger partial charge in [-0.1, -0.05) is 99.9 Å². The number of carbonyl (C=O) groups is 1. The van der Waals surface area contributed by atoms with Crippen molar-refractivity contribution in [2.45, 2.75) is 39.3 Å². The summed E-state index contributed by atoms with van der Waals surface area (Å²) in [5.74, 6) is -0.0201. The van der Waals surface area contributed by atoms with Crippen LogP contribution in [0.15, 0.2) is 65.8 Å². The molecule has 0 spiro atoms. The summed E-state index contributed by atoms with van der Waals surface area (Å²) in [5.41, 5.74) is 2.09. The summed E-state index contributed by atoms with van der Waals surface area (Å²) in [6.07, 6.45) is 0. The number of hydrogen-bond acceptors (Lipinski definition) is 3. The number of rotatable bonds is 6. The summed E-state index contributed by atoms with van der Waals surface area (Å²) in [6, 6.07) is 19.2. The molecule has 0 atom stereocenters. The monoisotopic (exact) mass is 368 g/mol. The summed E-state index contributed by atoms with van der Waals surface area (Å²) in [5, 5.41) is 4.99. The van der Waals surface area contributed by atoms with Gasteiger partial charge >= 0.3 is 0 Å². The fourth-order valence-corrected chi connectivity index (χ4v) is 11.8. The predicted molar refractivity (Wildman–Crippen MR) is 112 cm³/mol. The van der Waals surface area contributed by atoms with E-state index in [1.807, 2.05) is 60.7 Å². The Bertz CT molecular complexity index is 731. The molecule has 25 heavy (non-hydrogen) atoms. The summed E-state index contributed by atoms with van der Waals surface area (Å²) in [6.45, 7) is 13.7. The van der Waals surface area contributed by atoms with E-state index in [-0.39, 0.29) is 5.78 Å². The van der Waals surface area contributed by atoms with Gasteiger partial charge in [-0.25, -0.2) is 0 Å². The van der Waals surface area contributed by atoms with Crippen molar-refractivity contribution < 1.29 is 4.79 Å². The van der Waals surface area contributed by atoms with Gasteiger partial charge in [-0.05, 0) is 0 Å². The second kappa shape index (κ2) is 7.49. The minimum Gasteiger partial charge on any atom is -0.349 e. The maximum atomic E-state index is 13.2. The number of hydrogen-bond donors (Lipinski definition) is 0. The van der Waals surface area contributed by atoms with Crippen molar-refractivity contribution in [2.75, 3.05) is 0 Å². The van der Waals surface area contributed by atoms with E-state index in [2.05, 4.69) is 43.6 Å². The molecule has 0 heterocycles. The Morgan fingerprint density at radius 3 is 1.52 bits per heavy atom. The highest BCUT2D eigenvalue weighted by atomic mass is 28.4. The number of carbonyl (C=O) groups excluding carboxylic acids is 1. The molecule has 0 aliphatic heterocycles. The molecule has 0 N–H and O–H groups in total. The van der Waals surface area contributed by atoms with Crippen molar-refractivity contribution in [2.24, 2.45) is 5.10 Å². The van der Waals surface area contributed by atoms with Crippen LogP contribution in [0, 0.1) is 0 Å². The van der Waals surface area contributed by atoms with Gasteiger partial charge in [-0.2, -0.15) is 5.10 Å². The maximum absolute atomic E-state index is 13.2. The Balaban J connectivity index is 2.61. The molecule has 0 radical (unpaired) electrons. The van der Waals surface area contributed by atoms with E-state index in [0.717, 1.165) is 5.56 Å². The van der Waals surface area contributed by atoms with Gasteiger partial charge in [0.1, 0.15) is 5.71 Å². The minimum absolute atomic E-state index is 0.0201. The number of ketones is 1. The maximum Gasteiger partial charge on any atom is 0.213 e. The summed E-state index contributed by atoms with van der Waals surface area (Å²) in [4.78, 5) is 13.2. The lowest BCUT2D eigenvalue weighted by Gasteiger charge is -2.41. The van der Waals surface area contributed by atoms with Crippen molar-refractivity contribution >= 4 is 28.0 Å². The fourth-order valence-electron chi connectivity index (χ4n) is 2.96. The highest BCUT2D eigenvalue weighted by Gasteiger charge is 2.35. The van der Waals surface area contributed by atoms with Gasteiger partial charge in [0.15, 0.2) is 16.5 Å². The lowest BCUT2D eigenvalue weighted by atomic mass is 10.0. The third kappa shape index (κ3) is 5.00. The molecule has 0 fully saturated rings. The van der Waals surface area contributed by atoms with Crippen molar-refractivity contribution in [3.63, 3.8) is 0 Å². The van der Waals surface area contributed by atoms with Crippen molar-refractivity contribution in [1.29, 1.82) is 0 Å². The third-order valence-electron chi connectivity index (χ3n) is 3.77. The topological polar surface area (TPSA) is 32.7 Å². The van der Waals surface area contributed by atoms with Gasteiger partial charge in [0.05, 0.1) is 0 Å². The average Bonchev–Trinajstić information content (AvgIpc) is 2.54. The van der Waals surface area contributed by atoms with E-state index in [9.17, 15) is 4.79 Å². The molecule has 2 rings (SSSR count). The van der Waals surface area contributed by atoms with Crippen molar-refractivity contribution in [1.82, 2.24) is 4.34 Å². The Kier molecular flexibility index (Phi) is 5.80. The molecule has 0 saturated carbocycles. The molecule has 0 unspecified atom stereocenters. The van der Waals surface area contributed by atoms with Crippen LogP contribution in [0.4, 0.5) is 0 Å². The molecule has 132 valence electrons. The van der Waals surface area contributed by atoms with Crippen LogP contribution in [-0.2, 0) is 0 Å². The molecule has 2 aromatic carbocycles. The van der Waals surface area contributed by atoms with Gasteiger partial charge in [0.2, 0.25) is 5.78 Å². The van der Waals surface area contributed by atoms with Crippen molar-refractivity contribution in [3.8, 4) is 0 Å². The smallest absolute Gasteiger partial charge is 0.213 e. The van der Waals surface area contributed by atoms with E-state index < -0.39 is 16.5 Å². The van der Waals surface area contributed by atoms with Crippen LogP contribution in [0.5, 0.6) is 0 Å². The molecule has 5 heteroatoms. The Morgan fingerprint density at radius 2 is 1.12 bits per heavy atom. The second-order valence-corrected chi connectivity index (χ2v) is 18.1. The minimum atomic E-state index is -1.71. The zero-order valence-corrected chi connectivity index (χ0v) is 18.1. The highest BCUT2D eigenvalue weighted by Crippen LogP contribution is 2.22. The predicted octanol–water partition coefficient (Wildman–Crippen LogP) is 5.25. The molecule has 0 amide bonds. The molecule has 0 aliphatic carbocycles. The third-order valence-corrected chi connectivity index (χ3v) is 10.5. The average molecular weight is 369 g/mol.